The van der Waals surface area contributed by atoms with Crippen molar-refractivity contribution >= 4 is 23.2 Å². The topological polar surface area (TPSA) is 92.4 Å². The normalized spacial score (nSPS) is 10.4. The van der Waals surface area contributed by atoms with Gasteiger partial charge < -0.3 is 14.8 Å². The van der Waals surface area contributed by atoms with Crippen LogP contribution in [0.4, 0.5) is 0 Å². The highest BCUT2D eigenvalue weighted by atomic mass is 32.1. The molecule has 0 aromatic carbocycles. The van der Waals surface area contributed by atoms with E-state index >= 15 is 0 Å². The lowest BCUT2D eigenvalue weighted by atomic mass is 10.2. The summed E-state index contributed by atoms with van der Waals surface area (Å²) in [6, 6.07) is 1.60. The minimum atomic E-state index is -1.12. The molecule has 0 saturated carbocycles. The summed E-state index contributed by atoms with van der Waals surface area (Å²) in [5, 5.41) is 11.5. The third-order valence-corrected chi connectivity index (χ3v) is 3.47. The number of aryl methyl sites for hydroxylation is 2. The Balaban J connectivity index is 2.03. The number of nitrogens with zero attached hydrogens (tertiary/aromatic N) is 1. The Morgan fingerprint density at radius 3 is 2.74 bits per heavy atom. The van der Waals surface area contributed by atoms with Crippen molar-refractivity contribution in [3.8, 4) is 0 Å². The number of aromatic carboxylic acids is 1. The van der Waals surface area contributed by atoms with Gasteiger partial charge in [0.05, 0.1) is 17.7 Å². The second-order valence-electron chi connectivity index (χ2n) is 3.98. The molecule has 0 bridgehead atoms. The summed E-state index contributed by atoms with van der Waals surface area (Å²) in [6.45, 7) is 3.54. The van der Waals surface area contributed by atoms with E-state index < -0.39 is 5.97 Å². The van der Waals surface area contributed by atoms with Crippen molar-refractivity contribution in [2.45, 2.75) is 20.4 Å². The van der Waals surface area contributed by atoms with Crippen LogP contribution in [0.5, 0.6) is 0 Å². The van der Waals surface area contributed by atoms with E-state index in [2.05, 4.69) is 10.3 Å². The van der Waals surface area contributed by atoms with Gasteiger partial charge in [0, 0.05) is 5.56 Å². The van der Waals surface area contributed by atoms with Crippen LogP contribution >= 0.6 is 11.3 Å². The van der Waals surface area contributed by atoms with Gasteiger partial charge in [0.1, 0.15) is 10.6 Å². The summed E-state index contributed by atoms with van der Waals surface area (Å²) >= 11 is 1.26. The van der Waals surface area contributed by atoms with Crippen molar-refractivity contribution in [1.82, 2.24) is 10.3 Å². The van der Waals surface area contributed by atoms with Gasteiger partial charge in [-0.3, -0.25) is 4.79 Å². The van der Waals surface area contributed by atoms with Crippen molar-refractivity contribution in [2.24, 2.45) is 0 Å². The molecule has 7 heteroatoms. The summed E-state index contributed by atoms with van der Waals surface area (Å²) < 4.78 is 5.15. The van der Waals surface area contributed by atoms with Crippen LogP contribution in [0.3, 0.4) is 0 Å². The van der Waals surface area contributed by atoms with E-state index in [0.29, 0.717) is 21.9 Å². The van der Waals surface area contributed by atoms with Gasteiger partial charge in [-0.05, 0) is 19.9 Å². The first kappa shape index (κ1) is 13.3. The molecular weight excluding hydrogens is 268 g/mol. The molecule has 1 amide bonds. The fourth-order valence-corrected chi connectivity index (χ4v) is 2.33. The number of nitrogens with one attached hydrogen (secondary N) is 1. The van der Waals surface area contributed by atoms with Crippen molar-refractivity contribution in [1.29, 1.82) is 0 Å². The molecule has 0 aliphatic rings. The summed E-state index contributed by atoms with van der Waals surface area (Å²) in [5.41, 5.74) is 2.80. The quantitative estimate of drug-likeness (QED) is 0.893. The van der Waals surface area contributed by atoms with Crippen molar-refractivity contribution in [2.75, 3.05) is 0 Å². The molecule has 0 unspecified atom stereocenters. The van der Waals surface area contributed by atoms with Gasteiger partial charge in [0.25, 0.3) is 5.91 Å². The molecule has 19 heavy (non-hydrogen) atoms. The van der Waals surface area contributed by atoms with Crippen LogP contribution in [-0.2, 0) is 6.54 Å². The maximum absolute atomic E-state index is 11.8. The average Bonchev–Trinajstić information content (AvgIpc) is 2.92. The number of carbonyl (C=O) groups excluding carboxylic acids is 1. The Labute approximate surface area is 113 Å². The van der Waals surface area contributed by atoms with Crippen LogP contribution in [0, 0.1) is 13.8 Å². The summed E-state index contributed by atoms with van der Waals surface area (Å²) in [6.07, 6.45) is 0. The monoisotopic (exact) mass is 280 g/mol. The predicted octanol–water partition coefficient (Wildman–Crippen LogP) is 1.98. The van der Waals surface area contributed by atoms with Gasteiger partial charge in [0.2, 0.25) is 5.76 Å². The van der Waals surface area contributed by atoms with Crippen LogP contribution in [0.15, 0.2) is 16.0 Å². The van der Waals surface area contributed by atoms with Crippen molar-refractivity contribution in [3.63, 3.8) is 0 Å². The third kappa shape index (κ3) is 2.82. The maximum Gasteiger partial charge on any atom is 0.372 e. The highest BCUT2D eigenvalue weighted by molar-refractivity contribution is 7.11. The van der Waals surface area contributed by atoms with Gasteiger partial charge >= 0.3 is 5.97 Å². The molecule has 2 heterocycles. The highest BCUT2D eigenvalue weighted by Gasteiger charge is 2.16. The lowest BCUT2D eigenvalue weighted by Gasteiger charge is -2.01. The zero-order valence-corrected chi connectivity index (χ0v) is 11.2. The molecule has 0 radical (unpaired) electrons. The minimum Gasteiger partial charge on any atom is -0.475 e. The number of amides is 1. The molecule has 6 nitrogen and oxygen atoms in total. The Morgan fingerprint density at radius 1 is 1.47 bits per heavy atom. The van der Waals surface area contributed by atoms with E-state index in [9.17, 15) is 9.59 Å². The van der Waals surface area contributed by atoms with E-state index in [1.165, 1.54) is 11.3 Å². The second kappa shape index (κ2) is 5.23. The first-order chi connectivity index (χ1) is 8.99. The molecular formula is C12H12N2O4S. The average molecular weight is 280 g/mol. The fraction of sp³-hybridized carbons (Fsp3) is 0.250. The first-order valence-corrected chi connectivity index (χ1v) is 6.38. The standard InChI is InChI=1S/C12H12N2O4S/c1-6-3-8(18-9(6)12(16)17)4-13-11(15)10-7(2)14-5-19-10/h3,5H,4H2,1-2H3,(H,13,15)(H,16,17). The van der Waals surface area contributed by atoms with Crippen LogP contribution in [-0.4, -0.2) is 22.0 Å². The third-order valence-electron chi connectivity index (χ3n) is 2.54. The summed E-state index contributed by atoms with van der Waals surface area (Å²) in [7, 11) is 0. The first-order valence-electron chi connectivity index (χ1n) is 5.50. The molecule has 2 rings (SSSR count). The SMILES string of the molecule is Cc1cc(CNC(=O)c2scnc2C)oc1C(=O)O. The molecule has 0 spiro atoms. The van der Waals surface area contributed by atoms with Crippen LogP contribution in [0.25, 0.3) is 0 Å². The summed E-state index contributed by atoms with van der Waals surface area (Å²) in [5.74, 6) is -1.05. The molecule has 0 atom stereocenters. The number of carboxylic acid groups (broad SMARTS) is 1. The second-order valence-corrected chi connectivity index (χ2v) is 4.83. The lowest BCUT2D eigenvalue weighted by Crippen LogP contribution is -2.22. The molecule has 2 aromatic rings. The van der Waals surface area contributed by atoms with Gasteiger partial charge in [-0.2, -0.15) is 0 Å². The Morgan fingerprint density at radius 2 is 2.21 bits per heavy atom. The Kier molecular flexibility index (Phi) is 3.66. The summed E-state index contributed by atoms with van der Waals surface area (Å²) in [4.78, 5) is 27.2. The Bertz CT molecular complexity index is 629. The van der Waals surface area contributed by atoms with Crippen LogP contribution in [0.2, 0.25) is 0 Å². The maximum atomic E-state index is 11.8. The Hall–Kier alpha value is -2.15. The fourth-order valence-electron chi connectivity index (χ4n) is 1.62. The van der Waals surface area contributed by atoms with Gasteiger partial charge in [0.15, 0.2) is 0 Å². The van der Waals surface area contributed by atoms with E-state index in [0.717, 1.165) is 0 Å². The van der Waals surface area contributed by atoms with Crippen LogP contribution in [0.1, 0.15) is 37.2 Å². The molecule has 0 aliphatic heterocycles. The zero-order valence-electron chi connectivity index (χ0n) is 10.4. The zero-order chi connectivity index (χ0) is 14.0. The predicted molar refractivity (Wildman–Crippen MR) is 68.4 cm³/mol. The van der Waals surface area contributed by atoms with E-state index in [-0.39, 0.29) is 18.2 Å². The number of hydrogen-bond donors (Lipinski definition) is 2. The number of carboxylic acids is 1. The number of thiazole rings is 1. The van der Waals surface area contributed by atoms with Gasteiger partial charge in [-0.25, -0.2) is 9.78 Å². The van der Waals surface area contributed by atoms with E-state index in [4.69, 9.17) is 9.52 Å². The molecule has 2 aromatic heterocycles. The lowest BCUT2D eigenvalue weighted by molar-refractivity contribution is 0.0659. The van der Waals surface area contributed by atoms with Gasteiger partial charge in [-0.15, -0.1) is 11.3 Å². The molecule has 100 valence electrons. The number of furan rings is 1. The number of carbonyl (C=O) groups is 2. The minimum absolute atomic E-state index is 0.0989. The number of aromatic nitrogens is 1. The van der Waals surface area contributed by atoms with Crippen molar-refractivity contribution < 1.29 is 19.1 Å². The van der Waals surface area contributed by atoms with Gasteiger partial charge in [-0.1, -0.05) is 0 Å². The number of rotatable bonds is 4. The smallest absolute Gasteiger partial charge is 0.372 e. The molecule has 2 N–H and O–H groups in total. The molecule has 0 fully saturated rings. The largest absolute Gasteiger partial charge is 0.475 e. The highest BCUT2D eigenvalue weighted by Crippen LogP contribution is 2.15. The molecule has 0 saturated heterocycles. The van der Waals surface area contributed by atoms with Crippen molar-refractivity contribution in [3.05, 3.63) is 39.2 Å². The number of hydrogen-bond acceptors (Lipinski definition) is 5. The van der Waals surface area contributed by atoms with E-state index in [1.54, 1.807) is 25.4 Å². The molecule has 0 aliphatic carbocycles. The van der Waals surface area contributed by atoms with E-state index in [1.807, 2.05) is 0 Å². The van der Waals surface area contributed by atoms with Crippen LogP contribution < -0.4 is 5.32 Å².